The zero-order valence-corrected chi connectivity index (χ0v) is 21.6. The van der Waals surface area contributed by atoms with Crippen molar-refractivity contribution in [1.82, 2.24) is 10.6 Å². The molecule has 0 spiro atoms. The van der Waals surface area contributed by atoms with Gasteiger partial charge in [0.2, 0.25) is 0 Å². The number of aliphatic hydroxyl groups excluding tert-OH is 1. The van der Waals surface area contributed by atoms with Crippen LogP contribution in [0.1, 0.15) is 25.3 Å². The lowest BCUT2D eigenvalue weighted by Gasteiger charge is -2.31. The molecular formula is C24H34FIN4O3. The van der Waals surface area contributed by atoms with E-state index in [-0.39, 0.29) is 35.9 Å². The fourth-order valence-corrected chi connectivity index (χ4v) is 3.53. The summed E-state index contributed by atoms with van der Waals surface area (Å²) in [5.74, 6) is 1.96. The van der Waals surface area contributed by atoms with Gasteiger partial charge in [-0.05, 0) is 61.7 Å². The molecule has 3 rings (SSSR count). The van der Waals surface area contributed by atoms with Crippen molar-refractivity contribution in [3.63, 3.8) is 0 Å². The Morgan fingerprint density at radius 1 is 1.12 bits per heavy atom. The molecule has 0 radical (unpaired) electrons. The first-order valence-corrected chi connectivity index (χ1v) is 11.1. The number of rotatable bonds is 9. The molecular weight excluding hydrogens is 538 g/mol. The van der Waals surface area contributed by atoms with Crippen molar-refractivity contribution in [2.75, 3.05) is 44.8 Å². The van der Waals surface area contributed by atoms with Crippen LogP contribution in [0, 0.1) is 5.82 Å². The van der Waals surface area contributed by atoms with Crippen molar-refractivity contribution in [3.8, 4) is 11.5 Å². The van der Waals surface area contributed by atoms with Crippen molar-refractivity contribution in [1.29, 1.82) is 0 Å². The van der Waals surface area contributed by atoms with Crippen LogP contribution in [0.4, 0.5) is 10.1 Å². The molecule has 0 atom stereocenters. The number of guanidine groups is 1. The Morgan fingerprint density at radius 2 is 1.82 bits per heavy atom. The van der Waals surface area contributed by atoms with Gasteiger partial charge >= 0.3 is 0 Å². The highest BCUT2D eigenvalue weighted by Crippen LogP contribution is 2.24. The first-order chi connectivity index (χ1) is 15.6. The third-order valence-electron chi connectivity index (χ3n) is 5.30. The lowest BCUT2D eigenvalue weighted by molar-refractivity contribution is 0.145. The third kappa shape index (κ3) is 8.54. The van der Waals surface area contributed by atoms with Crippen LogP contribution in [0.5, 0.6) is 11.5 Å². The Morgan fingerprint density at radius 3 is 2.45 bits per heavy atom. The smallest absolute Gasteiger partial charge is 0.191 e. The van der Waals surface area contributed by atoms with E-state index in [1.807, 2.05) is 42.2 Å². The number of nitrogens with zero attached hydrogens (tertiary/aromatic N) is 2. The highest BCUT2D eigenvalue weighted by molar-refractivity contribution is 14.0. The van der Waals surface area contributed by atoms with Gasteiger partial charge in [-0.3, -0.25) is 0 Å². The van der Waals surface area contributed by atoms with Crippen molar-refractivity contribution in [3.05, 3.63) is 53.8 Å². The van der Waals surface area contributed by atoms with Gasteiger partial charge in [0.05, 0.1) is 32.0 Å². The van der Waals surface area contributed by atoms with E-state index in [9.17, 15) is 9.50 Å². The minimum Gasteiger partial charge on any atom is -0.497 e. The van der Waals surface area contributed by atoms with Gasteiger partial charge in [0.15, 0.2) is 5.96 Å². The van der Waals surface area contributed by atoms with Gasteiger partial charge in [-0.25, -0.2) is 9.38 Å². The molecule has 0 bridgehead atoms. The number of hydrogen-bond donors (Lipinski definition) is 3. The van der Waals surface area contributed by atoms with Gasteiger partial charge in [0.1, 0.15) is 23.9 Å². The molecule has 1 fully saturated rings. The van der Waals surface area contributed by atoms with Crippen molar-refractivity contribution < 1.29 is 19.0 Å². The topological polar surface area (TPSA) is 78.4 Å². The van der Waals surface area contributed by atoms with Crippen molar-refractivity contribution in [2.24, 2.45) is 4.99 Å². The summed E-state index contributed by atoms with van der Waals surface area (Å²) in [7, 11) is 1.63. The van der Waals surface area contributed by atoms with Gasteiger partial charge in [0.25, 0.3) is 0 Å². The summed E-state index contributed by atoms with van der Waals surface area (Å²) in [5.41, 5.74) is 1.39. The number of ether oxygens (including phenoxy) is 2. The van der Waals surface area contributed by atoms with Crippen molar-refractivity contribution in [2.45, 2.75) is 32.4 Å². The zero-order valence-electron chi connectivity index (χ0n) is 19.2. The van der Waals surface area contributed by atoms with Gasteiger partial charge in [-0.15, -0.1) is 24.0 Å². The minimum atomic E-state index is -0.276. The molecule has 1 aliphatic heterocycles. The predicted octanol–water partition coefficient (Wildman–Crippen LogP) is 3.55. The lowest BCUT2D eigenvalue weighted by Crippen LogP contribution is -2.39. The monoisotopic (exact) mass is 572 g/mol. The second-order valence-corrected chi connectivity index (χ2v) is 7.65. The number of anilines is 1. The minimum absolute atomic E-state index is 0. The summed E-state index contributed by atoms with van der Waals surface area (Å²) < 4.78 is 25.5. The number of nitrogens with one attached hydrogen (secondary N) is 2. The number of halogens is 2. The summed E-state index contributed by atoms with van der Waals surface area (Å²) in [6.45, 7) is 5.47. The van der Waals surface area contributed by atoms with E-state index >= 15 is 0 Å². The molecule has 9 heteroatoms. The molecule has 33 heavy (non-hydrogen) atoms. The number of aliphatic imine (C=N–C) groups is 1. The molecule has 182 valence electrons. The Hall–Kier alpha value is -2.27. The summed E-state index contributed by atoms with van der Waals surface area (Å²) >= 11 is 0. The second-order valence-electron chi connectivity index (χ2n) is 7.65. The van der Waals surface area contributed by atoms with Crippen LogP contribution in [0.15, 0.2) is 47.5 Å². The van der Waals surface area contributed by atoms with Crippen LogP contribution < -0.4 is 25.0 Å². The number of benzene rings is 2. The molecule has 2 aromatic rings. The maximum atomic E-state index is 14.7. The fraction of sp³-hybridized carbons (Fsp3) is 0.458. The molecule has 0 aromatic heterocycles. The number of aliphatic hydroxyl groups is 1. The van der Waals surface area contributed by atoms with Crippen LogP contribution >= 0.6 is 24.0 Å². The molecule has 1 aliphatic rings. The average molecular weight is 572 g/mol. The molecule has 7 nitrogen and oxygen atoms in total. The largest absolute Gasteiger partial charge is 0.497 e. The highest BCUT2D eigenvalue weighted by atomic mass is 127. The van der Waals surface area contributed by atoms with E-state index in [2.05, 4.69) is 15.6 Å². The van der Waals surface area contributed by atoms with E-state index < -0.39 is 0 Å². The highest BCUT2D eigenvalue weighted by Gasteiger charge is 2.19. The number of piperidine rings is 1. The third-order valence-corrected chi connectivity index (χ3v) is 5.30. The van der Waals surface area contributed by atoms with Gasteiger partial charge in [-0.2, -0.15) is 0 Å². The molecule has 1 saturated heterocycles. The normalized spacial score (nSPS) is 14.4. The molecule has 3 N–H and O–H groups in total. The van der Waals surface area contributed by atoms with E-state index in [0.29, 0.717) is 57.3 Å². The summed E-state index contributed by atoms with van der Waals surface area (Å²) in [6, 6.07) is 12.7. The van der Waals surface area contributed by atoms with Gasteiger partial charge in [-0.1, -0.05) is 6.07 Å². The van der Waals surface area contributed by atoms with E-state index in [0.717, 1.165) is 23.6 Å². The van der Waals surface area contributed by atoms with Crippen LogP contribution in [-0.2, 0) is 6.54 Å². The fourth-order valence-electron chi connectivity index (χ4n) is 3.53. The maximum absolute atomic E-state index is 14.7. The van der Waals surface area contributed by atoms with Crippen LogP contribution in [0.2, 0.25) is 0 Å². The Balaban J connectivity index is 0.00000385. The van der Waals surface area contributed by atoms with E-state index in [4.69, 9.17) is 9.47 Å². The zero-order chi connectivity index (χ0) is 22.8. The molecule has 1 heterocycles. The molecule has 2 aromatic carbocycles. The molecule has 0 aliphatic carbocycles. The first kappa shape index (κ1) is 27.0. The number of methoxy groups -OCH3 is 1. The average Bonchev–Trinajstić information content (AvgIpc) is 2.81. The SMILES string of the molecule is CCNC(=NCc1ccc(N2CCC(O)CC2)c(F)c1)NCCOc1ccc(OC)cc1.I. The summed E-state index contributed by atoms with van der Waals surface area (Å²) in [6.07, 6.45) is 1.07. The van der Waals surface area contributed by atoms with E-state index in [1.165, 1.54) is 0 Å². The lowest BCUT2D eigenvalue weighted by atomic mass is 10.1. The first-order valence-electron chi connectivity index (χ1n) is 11.1. The predicted molar refractivity (Wildman–Crippen MR) is 141 cm³/mol. The Bertz CT molecular complexity index is 875. The van der Waals surface area contributed by atoms with Gasteiger partial charge < -0.3 is 30.1 Å². The molecule has 0 amide bonds. The van der Waals surface area contributed by atoms with Crippen molar-refractivity contribution >= 4 is 35.6 Å². The summed E-state index contributed by atoms with van der Waals surface area (Å²) in [4.78, 5) is 6.54. The Kier molecular flexibility index (Phi) is 11.5. The summed E-state index contributed by atoms with van der Waals surface area (Å²) in [5, 5.41) is 16.1. The molecule has 0 saturated carbocycles. The quantitative estimate of drug-likeness (QED) is 0.185. The van der Waals surface area contributed by atoms with Gasteiger partial charge in [0, 0.05) is 19.6 Å². The maximum Gasteiger partial charge on any atom is 0.191 e. The second kappa shape index (κ2) is 14.1. The van der Waals surface area contributed by atoms with Crippen LogP contribution in [0.3, 0.4) is 0 Å². The number of hydrogen-bond acceptors (Lipinski definition) is 5. The van der Waals surface area contributed by atoms with E-state index in [1.54, 1.807) is 19.2 Å². The Labute approximate surface area is 212 Å². The van der Waals surface area contributed by atoms with Crippen LogP contribution in [-0.4, -0.2) is 57.1 Å². The van der Waals surface area contributed by atoms with Crippen LogP contribution in [0.25, 0.3) is 0 Å². The molecule has 0 unspecified atom stereocenters. The standard InChI is InChI=1S/C24H33FN4O3.HI/c1-3-26-24(27-12-15-32-21-7-5-20(31-2)6-8-21)28-17-18-4-9-23(22(25)16-18)29-13-10-19(30)11-14-29;/h4-9,16,19,30H,3,10-15,17H2,1-2H3,(H2,26,27,28);1H.